The number of nitrogens with zero attached hydrogens (tertiary/aromatic N) is 2. The Kier molecular flexibility index (Phi) is 4.36. The first-order valence-electron chi connectivity index (χ1n) is 8.83. The van der Waals surface area contributed by atoms with Crippen molar-refractivity contribution in [1.29, 1.82) is 0 Å². The van der Waals surface area contributed by atoms with Crippen molar-refractivity contribution in [3.05, 3.63) is 35.0 Å². The third-order valence-corrected chi connectivity index (χ3v) is 4.80. The first kappa shape index (κ1) is 17.2. The Hall–Kier alpha value is -3.20. The monoisotopic (exact) mass is 368 g/mol. The summed E-state index contributed by atoms with van der Waals surface area (Å²) in [5.41, 5.74) is 2.89. The number of carbonyl (C=O) groups excluding carboxylic acids is 1. The summed E-state index contributed by atoms with van der Waals surface area (Å²) < 4.78 is 0. The first-order valence-corrected chi connectivity index (χ1v) is 8.83. The fraction of sp³-hybridized carbons (Fsp3) is 0.333. The predicted octanol–water partition coefficient (Wildman–Crippen LogP) is 1.44. The molecule has 27 heavy (non-hydrogen) atoms. The van der Waals surface area contributed by atoms with Gasteiger partial charge in [0.15, 0.2) is 5.82 Å². The van der Waals surface area contributed by atoms with Gasteiger partial charge in [0.2, 0.25) is 0 Å². The third kappa shape index (κ3) is 3.28. The van der Waals surface area contributed by atoms with E-state index in [4.69, 9.17) is 5.11 Å². The summed E-state index contributed by atoms with van der Waals surface area (Å²) in [6.07, 6.45) is 1.78. The number of H-pyrrole nitrogens is 2. The van der Waals surface area contributed by atoms with E-state index >= 15 is 0 Å². The van der Waals surface area contributed by atoms with Gasteiger partial charge in [0.05, 0.1) is 22.2 Å². The molecule has 0 unspecified atom stereocenters. The molecule has 0 bridgehead atoms. The van der Waals surface area contributed by atoms with Crippen LogP contribution in [0.4, 0.5) is 0 Å². The summed E-state index contributed by atoms with van der Waals surface area (Å²) in [7, 11) is 0. The lowest BCUT2D eigenvalue weighted by molar-refractivity contribution is 0.0696. The zero-order chi connectivity index (χ0) is 19.0. The molecule has 1 saturated heterocycles. The van der Waals surface area contributed by atoms with E-state index in [-0.39, 0.29) is 17.5 Å². The summed E-state index contributed by atoms with van der Waals surface area (Å²) >= 11 is 0. The molecule has 5 N–H and O–H groups in total. The number of aromatic carboxylic acids is 1. The number of carboxylic acid groups (broad SMARTS) is 1. The standard InChI is InChI=1S/C18H20N6O3/c1-9-14(17(25)20-11-4-6-19-7-5-11)15(24-23-9)16-21-12-3-2-10(18(26)27)8-13(12)22-16/h2-3,8,11,19H,4-7H2,1H3,(H,20,25)(H,21,22)(H,23,24)(H,26,27). The number of fused-ring (bicyclic) bond motifs is 1. The van der Waals surface area contributed by atoms with Crippen molar-refractivity contribution >= 4 is 22.9 Å². The molecule has 1 aliphatic rings. The molecule has 1 aromatic carbocycles. The van der Waals surface area contributed by atoms with Crippen LogP contribution in [0.1, 0.15) is 39.3 Å². The predicted molar refractivity (Wildman–Crippen MR) is 98.7 cm³/mol. The zero-order valence-electron chi connectivity index (χ0n) is 14.8. The number of aromatic amines is 2. The van der Waals surface area contributed by atoms with E-state index < -0.39 is 5.97 Å². The molecule has 3 aromatic rings. The second kappa shape index (κ2) is 6.84. The van der Waals surface area contributed by atoms with E-state index in [1.54, 1.807) is 13.0 Å². The third-order valence-electron chi connectivity index (χ3n) is 4.80. The summed E-state index contributed by atoms with van der Waals surface area (Å²) in [5, 5.41) is 22.6. The molecule has 2 aromatic heterocycles. The molecule has 9 heteroatoms. The SMILES string of the molecule is Cc1[nH]nc(-c2nc3ccc(C(=O)O)cc3[nH]2)c1C(=O)NC1CCNCC1. The molecule has 0 spiro atoms. The first-order chi connectivity index (χ1) is 13.0. The Morgan fingerprint density at radius 2 is 2.04 bits per heavy atom. The smallest absolute Gasteiger partial charge is 0.335 e. The summed E-state index contributed by atoms with van der Waals surface area (Å²) in [4.78, 5) is 31.5. The van der Waals surface area contributed by atoms with Gasteiger partial charge in [-0.05, 0) is 51.1 Å². The van der Waals surface area contributed by atoms with Gasteiger partial charge in [-0.2, -0.15) is 5.10 Å². The summed E-state index contributed by atoms with van der Waals surface area (Å²) in [5.74, 6) is -0.770. The molecule has 0 radical (unpaired) electrons. The van der Waals surface area contributed by atoms with Crippen molar-refractivity contribution < 1.29 is 14.7 Å². The van der Waals surface area contributed by atoms with Gasteiger partial charge in [-0.15, -0.1) is 0 Å². The van der Waals surface area contributed by atoms with Crippen LogP contribution in [-0.2, 0) is 0 Å². The van der Waals surface area contributed by atoms with E-state index in [9.17, 15) is 9.59 Å². The highest BCUT2D eigenvalue weighted by molar-refractivity contribution is 6.01. The molecule has 1 fully saturated rings. The number of hydrogen-bond donors (Lipinski definition) is 5. The average molecular weight is 368 g/mol. The number of rotatable bonds is 4. The Morgan fingerprint density at radius 3 is 2.78 bits per heavy atom. The number of hydrogen-bond acceptors (Lipinski definition) is 5. The van der Waals surface area contributed by atoms with Crippen LogP contribution in [-0.4, -0.2) is 56.3 Å². The van der Waals surface area contributed by atoms with Crippen molar-refractivity contribution in [2.45, 2.75) is 25.8 Å². The lowest BCUT2D eigenvalue weighted by Gasteiger charge is -2.23. The highest BCUT2D eigenvalue weighted by Crippen LogP contribution is 2.25. The van der Waals surface area contributed by atoms with Gasteiger partial charge in [-0.1, -0.05) is 0 Å². The average Bonchev–Trinajstić information content (AvgIpc) is 3.24. The van der Waals surface area contributed by atoms with Crippen LogP contribution >= 0.6 is 0 Å². The quantitative estimate of drug-likeness (QED) is 0.473. The minimum Gasteiger partial charge on any atom is -0.478 e. The van der Waals surface area contributed by atoms with Crippen molar-refractivity contribution in [3.63, 3.8) is 0 Å². The van der Waals surface area contributed by atoms with Gasteiger partial charge < -0.3 is 20.7 Å². The van der Waals surface area contributed by atoms with E-state index in [1.807, 2.05) is 0 Å². The Labute approximate surface area is 154 Å². The Bertz CT molecular complexity index is 1020. The fourth-order valence-corrected chi connectivity index (χ4v) is 3.36. The maximum Gasteiger partial charge on any atom is 0.335 e. The van der Waals surface area contributed by atoms with Gasteiger partial charge in [0.1, 0.15) is 5.69 Å². The molecule has 140 valence electrons. The van der Waals surface area contributed by atoms with Crippen molar-refractivity contribution in [1.82, 2.24) is 30.8 Å². The number of imidazole rings is 1. The maximum atomic E-state index is 12.8. The molecule has 0 saturated carbocycles. The second-order valence-electron chi connectivity index (χ2n) is 6.69. The van der Waals surface area contributed by atoms with Gasteiger partial charge >= 0.3 is 5.97 Å². The van der Waals surface area contributed by atoms with Crippen LogP contribution in [0.2, 0.25) is 0 Å². The second-order valence-corrected chi connectivity index (χ2v) is 6.69. The van der Waals surface area contributed by atoms with Gasteiger partial charge in [0, 0.05) is 11.7 Å². The van der Waals surface area contributed by atoms with Crippen LogP contribution in [0.15, 0.2) is 18.2 Å². The normalized spacial score (nSPS) is 15.1. The highest BCUT2D eigenvalue weighted by Gasteiger charge is 2.24. The fourth-order valence-electron chi connectivity index (χ4n) is 3.36. The van der Waals surface area contributed by atoms with Crippen LogP contribution in [0, 0.1) is 6.92 Å². The largest absolute Gasteiger partial charge is 0.478 e. The number of amides is 1. The van der Waals surface area contributed by atoms with Gasteiger partial charge in [0.25, 0.3) is 5.91 Å². The molecule has 1 aliphatic heterocycles. The summed E-state index contributed by atoms with van der Waals surface area (Å²) in [6.45, 7) is 3.56. The van der Waals surface area contributed by atoms with Gasteiger partial charge in [-0.25, -0.2) is 9.78 Å². The lowest BCUT2D eigenvalue weighted by atomic mass is 10.1. The number of aryl methyl sites for hydroxylation is 1. The highest BCUT2D eigenvalue weighted by atomic mass is 16.4. The van der Waals surface area contributed by atoms with E-state index in [0.29, 0.717) is 33.8 Å². The molecular formula is C18H20N6O3. The Balaban J connectivity index is 1.67. The summed E-state index contributed by atoms with van der Waals surface area (Å²) in [6, 6.07) is 4.78. The molecule has 0 atom stereocenters. The number of benzene rings is 1. The maximum absolute atomic E-state index is 12.8. The number of carboxylic acids is 1. The van der Waals surface area contributed by atoms with E-state index in [2.05, 4.69) is 30.8 Å². The zero-order valence-corrected chi connectivity index (χ0v) is 14.8. The number of aromatic nitrogens is 4. The van der Waals surface area contributed by atoms with Crippen LogP contribution in [0.5, 0.6) is 0 Å². The number of piperidine rings is 1. The minimum atomic E-state index is -1.01. The van der Waals surface area contributed by atoms with Gasteiger partial charge in [-0.3, -0.25) is 9.89 Å². The minimum absolute atomic E-state index is 0.134. The molecule has 9 nitrogen and oxygen atoms in total. The van der Waals surface area contributed by atoms with Crippen LogP contribution < -0.4 is 10.6 Å². The Morgan fingerprint density at radius 1 is 1.26 bits per heavy atom. The van der Waals surface area contributed by atoms with Crippen LogP contribution in [0.25, 0.3) is 22.6 Å². The number of carbonyl (C=O) groups is 2. The van der Waals surface area contributed by atoms with Crippen molar-refractivity contribution in [3.8, 4) is 11.5 Å². The van der Waals surface area contributed by atoms with Crippen LogP contribution in [0.3, 0.4) is 0 Å². The topological polar surface area (TPSA) is 136 Å². The van der Waals surface area contributed by atoms with Crippen molar-refractivity contribution in [2.24, 2.45) is 0 Å². The van der Waals surface area contributed by atoms with Crippen molar-refractivity contribution in [2.75, 3.05) is 13.1 Å². The number of nitrogens with one attached hydrogen (secondary N) is 4. The molecule has 3 heterocycles. The molecule has 1 amide bonds. The van der Waals surface area contributed by atoms with E-state index in [0.717, 1.165) is 25.9 Å². The molecule has 4 rings (SSSR count). The lowest BCUT2D eigenvalue weighted by Crippen LogP contribution is -2.42. The van der Waals surface area contributed by atoms with E-state index in [1.165, 1.54) is 12.1 Å². The molecular weight excluding hydrogens is 348 g/mol. The molecule has 0 aliphatic carbocycles.